The van der Waals surface area contributed by atoms with Gasteiger partial charge in [0.25, 0.3) is 0 Å². The predicted octanol–water partition coefficient (Wildman–Crippen LogP) is 3.49. The lowest BCUT2D eigenvalue weighted by molar-refractivity contribution is 0.414. The van der Waals surface area contributed by atoms with Crippen LogP contribution in [-0.2, 0) is 12.8 Å². The molecule has 1 heterocycles. The Morgan fingerprint density at radius 3 is 2.62 bits per heavy atom. The number of methoxy groups -OCH3 is 1. The molecule has 0 aliphatic rings. The summed E-state index contributed by atoms with van der Waals surface area (Å²) in [6.07, 6.45) is 3.10. The van der Waals surface area contributed by atoms with E-state index >= 15 is 0 Å². The molecule has 0 radical (unpaired) electrons. The number of thiophene rings is 1. The van der Waals surface area contributed by atoms with Crippen LogP contribution in [0.15, 0.2) is 46.8 Å². The molecule has 130 valence electrons. The van der Waals surface area contributed by atoms with Crippen molar-refractivity contribution in [3.63, 3.8) is 0 Å². The molecule has 0 saturated carbocycles. The van der Waals surface area contributed by atoms with Gasteiger partial charge in [0.15, 0.2) is 5.96 Å². The van der Waals surface area contributed by atoms with Gasteiger partial charge in [0.05, 0.1) is 7.11 Å². The van der Waals surface area contributed by atoms with Crippen LogP contribution in [0.1, 0.15) is 23.8 Å². The van der Waals surface area contributed by atoms with Gasteiger partial charge in [-0.2, -0.15) is 0 Å². The number of benzene rings is 1. The number of nitrogens with zero attached hydrogens (tertiary/aromatic N) is 1. The summed E-state index contributed by atoms with van der Waals surface area (Å²) in [5.74, 6) is 1.81. The minimum atomic E-state index is 0.820. The third-order valence-corrected chi connectivity index (χ3v) is 4.58. The van der Waals surface area contributed by atoms with Gasteiger partial charge in [-0.25, -0.2) is 0 Å². The minimum Gasteiger partial charge on any atom is -0.497 e. The lowest BCUT2D eigenvalue weighted by Crippen LogP contribution is -2.38. The van der Waals surface area contributed by atoms with E-state index in [-0.39, 0.29) is 0 Å². The topological polar surface area (TPSA) is 45.7 Å². The standard InChI is InChI=1S/C19H27N3OS/c1-3-20-19(22-14-12-18-7-5-15-24-18)21-13-4-6-16-8-10-17(23-2)11-9-16/h5,7-11,15H,3-4,6,12-14H2,1-2H3,(H2,20,21,22). The van der Waals surface area contributed by atoms with E-state index in [4.69, 9.17) is 4.74 Å². The van der Waals surface area contributed by atoms with Gasteiger partial charge in [0.1, 0.15) is 5.75 Å². The van der Waals surface area contributed by atoms with Crippen LogP contribution in [-0.4, -0.2) is 32.7 Å². The van der Waals surface area contributed by atoms with E-state index in [1.807, 2.05) is 12.1 Å². The normalized spacial score (nSPS) is 11.3. The highest BCUT2D eigenvalue weighted by Crippen LogP contribution is 2.12. The summed E-state index contributed by atoms with van der Waals surface area (Å²) >= 11 is 1.80. The first kappa shape index (κ1) is 18.3. The molecule has 0 amide bonds. The van der Waals surface area contributed by atoms with Gasteiger partial charge in [-0.3, -0.25) is 4.99 Å². The second kappa shape index (κ2) is 10.7. The number of nitrogens with one attached hydrogen (secondary N) is 2. The van der Waals surface area contributed by atoms with Crippen LogP contribution in [0, 0.1) is 0 Å². The van der Waals surface area contributed by atoms with Crippen LogP contribution in [0.3, 0.4) is 0 Å². The molecule has 0 bridgehead atoms. The fourth-order valence-corrected chi connectivity index (χ4v) is 3.08. The van der Waals surface area contributed by atoms with Crippen molar-refractivity contribution >= 4 is 17.3 Å². The molecule has 2 rings (SSSR count). The zero-order valence-corrected chi connectivity index (χ0v) is 15.4. The number of hydrogen-bond acceptors (Lipinski definition) is 3. The van der Waals surface area contributed by atoms with Crippen molar-refractivity contribution in [2.24, 2.45) is 4.99 Å². The van der Waals surface area contributed by atoms with E-state index in [1.54, 1.807) is 18.4 Å². The molecule has 0 aliphatic heterocycles. The average Bonchev–Trinajstić information content (AvgIpc) is 3.12. The summed E-state index contributed by atoms with van der Waals surface area (Å²) in [5.41, 5.74) is 1.32. The zero-order valence-electron chi connectivity index (χ0n) is 14.5. The molecule has 0 saturated heterocycles. The molecule has 1 aromatic carbocycles. The molecular formula is C19H27N3OS. The van der Waals surface area contributed by atoms with E-state index in [9.17, 15) is 0 Å². The van der Waals surface area contributed by atoms with E-state index in [1.165, 1.54) is 10.4 Å². The van der Waals surface area contributed by atoms with Gasteiger partial charge in [0, 0.05) is 24.5 Å². The fourth-order valence-electron chi connectivity index (χ4n) is 2.37. The van der Waals surface area contributed by atoms with Crippen molar-refractivity contribution in [1.82, 2.24) is 10.6 Å². The van der Waals surface area contributed by atoms with Crippen LogP contribution >= 0.6 is 11.3 Å². The first-order valence-corrected chi connectivity index (χ1v) is 9.37. The van der Waals surface area contributed by atoms with Crippen molar-refractivity contribution in [2.45, 2.75) is 26.2 Å². The summed E-state index contributed by atoms with van der Waals surface area (Å²) in [6.45, 7) is 4.70. The second-order valence-electron chi connectivity index (χ2n) is 5.47. The lowest BCUT2D eigenvalue weighted by Gasteiger charge is -2.10. The maximum atomic E-state index is 5.18. The Morgan fingerprint density at radius 2 is 1.96 bits per heavy atom. The van der Waals surface area contributed by atoms with E-state index in [0.29, 0.717) is 0 Å². The van der Waals surface area contributed by atoms with Crippen molar-refractivity contribution in [1.29, 1.82) is 0 Å². The van der Waals surface area contributed by atoms with Crippen LogP contribution in [0.25, 0.3) is 0 Å². The Hall–Kier alpha value is -2.01. The number of rotatable bonds is 9. The molecule has 2 aromatic rings. The van der Waals surface area contributed by atoms with Crippen molar-refractivity contribution in [2.75, 3.05) is 26.7 Å². The number of guanidine groups is 1. The van der Waals surface area contributed by atoms with Gasteiger partial charge in [0.2, 0.25) is 0 Å². The van der Waals surface area contributed by atoms with Crippen LogP contribution in [0.4, 0.5) is 0 Å². The van der Waals surface area contributed by atoms with Crippen LogP contribution in [0.2, 0.25) is 0 Å². The summed E-state index contributed by atoms with van der Waals surface area (Å²) in [7, 11) is 1.69. The Morgan fingerprint density at radius 1 is 1.12 bits per heavy atom. The minimum absolute atomic E-state index is 0.820. The summed E-state index contributed by atoms with van der Waals surface area (Å²) < 4.78 is 5.18. The molecular weight excluding hydrogens is 318 g/mol. The maximum Gasteiger partial charge on any atom is 0.191 e. The molecule has 0 fully saturated rings. The highest BCUT2D eigenvalue weighted by molar-refractivity contribution is 7.09. The molecule has 0 unspecified atom stereocenters. The number of hydrogen-bond donors (Lipinski definition) is 2. The van der Waals surface area contributed by atoms with Crippen molar-refractivity contribution < 1.29 is 4.74 Å². The summed E-state index contributed by atoms with van der Waals surface area (Å²) in [5, 5.41) is 8.82. The smallest absolute Gasteiger partial charge is 0.191 e. The highest BCUT2D eigenvalue weighted by atomic mass is 32.1. The van der Waals surface area contributed by atoms with Gasteiger partial charge in [-0.1, -0.05) is 18.2 Å². The lowest BCUT2D eigenvalue weighted by atomic mass is 10.1. The summed E-state index contributed by atoms with van der Waals surface area (Å²) in [6, 6.07) is 12.5. The largest absolute Gasteiger partial charge is 0.497 e. The Labute approximate surface area is 149 Å². The maximum absolute atomic E-state index is 5.18. The third kappa shape index (κ3) is 6.62. The molecule has 5 heteroatoms. The van der Waals surface area contributed by atoms with Gasteiger partial charge >= 0.3 is 0 Å². The van der Waals surface area contributed by atoms with Crippen LogP contribution < -0.4 is 15.4 Å². The second-order valence-corrected chi connectivity index (χ2v) is 6.50. The van der Waals surface area contributed by atoms with Gasteiger partial charge in [-0.05, 0) is 55.3 Å². The highest BCUT2D eigenvalue weighted by Gasteiger charge is 1.99. The first-order valence-electron chi connectivity index (χ1n) is 8.49. The number of aliphatic imine (C=N–C) groups is 1. The molecule has 2 N–H and O–H groups in total. The van der Waals surface area contributed by atoms with Crippen molar-refractivity contribution in [3.8, 4) is 5.75 Å². The molecule has 4 nitrogen and oxygen atoms in total. The quantitative estimate of drug-likeness (QED) is 0.415. The molecule has 0 aliphatic carbocycles. The SMILES string of the molecule is CCNC(=NCCCc1ccc(OC)cc1)NCCc1cccs1. The average molecular weight is 346 g/mol. The van der Waals surface area contributed by atoms with E-state index in [2.05, 4.69) is 52.2 Å². The molecule has 0 spiro atoms. The van der Waals surface area contributed by atoms with E-state index in [0.717, 1.165) is 50.6 Å². The zero-order chi connectivity index (χ0) is 17.0. The summed E-state index contributed by atoms with van der Waals surface area (Å²) in [4.78, 5) is 6.06. The monoisotopic (exact) mass is 345 g/mol. The van der Waals surface area contributed by atoms with Gasteiger partial charge in [-0.15, -0.1) is 11.3 Å². The Kier molecular flexibility index (Phi) is 8.18. The Bertz CT molecular complexity index is 594. The van der Waals surface area contributed by atoms with Crippen LogP contribution in [0.5, 0.6) is 5.75 Å². The molecule has 24 heavy (non-hydrogen) atoms. The molecule has 0 atom stereocenters. The third-order valence-electron chi connectivity index (χ3n) is 3.64. The fraction of sp³-hybridized carbons (Fsp3) is 0.421. The van der Waals surface area contributed by atoms with Crippen molar-refractivity contribution in [3.05, 3.63) is 52.2 Å². The van der Waals surface area contributed by atoms with Gasteiger partial charge < -0.3 is 15.4 Å². The number of ether oxygens (including phenoxy) is 1. The Balaban J connectivity index is 1.71. The predicted molar refractivity (Wildman–Crippen MR) is 103 cm³/mol. The first-order chi connectivity index (χ1) is 11.8. The number of aryl methyl sites for hydroxylation is 1. The van der Waals surface area contributed by atoms with E-state index < -0.39 is 0 Å². The molecule has 1 aromatic heterocycles.